The van der Waals surface area contributed by atoms with Crippen LogP contribution in [0.1, 0.15) is 17.7 Å². The normalized spacial score (nSPS) is 14.4. The van der Waals surface area contributed by atoms with Crippen molar-refractivity contribution in [1.82, 2.24) is 24.8 Å². The van der Waals surface area contributed by atoms with Crippen molar-refractivity contribution in [2.24, 2.45) is 0 Å². The molecule has 10 heteroatoms. The lowest BCUT2D eigenvalue weighted by molar-refractivity contribution is -0.132. The highest BCUT2D eigenvalue weighted by Crippen LogP contribution is 2.28. The molecule has 0 bridgehead atoms. The predicted octanol–water partition coefficient (Wildman–Crippen LogP) is 2.83. The molecule has 0 radical (unpaired) electrons. The van der Waals surface area contributed by atoms with Crippen LogP contribution in [0.2, 0.25) is 0 Å². The summed E-state index contributed by atoms with van der Waals surface area (Å²) in [5.74, 6) is 0.761. The van der Waals surface area contributed by atoms with Crippen LogP contribution in [0.5, 0.6) is 0 Å². The van der Waals surface area contributed by atoms with Crippen molar-refractivity contribution in [2.45, 2.75) is 25.6 Å². The second kappa shape index (κ2) is 6.60. The third-order valence-electron chi connectivity index (χ3n) is 4.61. The summed E-state index contributed by atoms with van der Waals surface area (Å²) in [5.41, 5.74) is 2.50. The van der Waals surface area contributed by atoms with Crippen LogP contribution in [0.3, 0.4) is 0 Å². The zero-order valence-corrected chi connectivity index (χ0v) is 14.3. The number of fused-ring (bicyclic) bond motifs is 2. The quantitative estimate of drug-likeness (QED) is 0.735. The van der Waals surface area contributed by atoms with E-state index in [0.717, 1.165) is 34.7 Å². The monoisotopic (exact) mass is 378 g/mol. The van der Waals surface area contributed by atoms with Gasteiger partial charge in [0.1, 0.15) is 17.8 Å². The number of halogens is 3. The predicted molar refractivity (Wildman–Crippen MR) is 92.5 cm³/mol. The molecule has 3 aromatic rings. The molecule has 0 saturated heterocycles. The molecule has 2 N–H and O–H groups in total. The van der Waals surface area contributed by atoms with Crippen LogP contribution in [-0.2, 0) is 13.0 Å². The Morgan fingerprint density at radius 1 is 1.30 bits per heavy atom. The van der Waals surface area contributed by atoms with Crippen LogP contribution >= 0.6 is 0 Å². The topological polar surface area (TPSA) is 78.8 Å². The average molecular weight is 378 g/mol. The van der Waals surface area contributed by atoms with Gasteiger partial charge in [0, 0.05) is 31.2 Å². The zero-order chi connectivity index (χ0) is 19.0. The van der Waals surface area contributed by atoms with Crippen LogP contribution in [0.4, 0.5) is 23.8 Å². The first kappa shape index (κ1) is 17.4. The Morgan fingerprint density at radius 2 is 2.15 bits per heavy atom. The van der Waals surface area contributed by atoms with Crippen molar-refractivity contribution < 1.29 is 18.0 Å². The molecule has 142 valence electrons. The summed E-state index contributed by atoms with van der Waals surface area (Å²) in [6, 6.07) is 3.17. The number of aromatic amines is 1. The van der Waals surface area contributed by atoms with Crippen molar-refractivity contribution in [3.63, 3.8) is 0 Å². The van der Waals surface area contributed by atoms with E-state index in [1.54, 1.807) is 12.4 Å². The van der Waals surface area contributed by atoms with Gasteiger partial charge in [-0.1, -0.05) is 0 Å². The highest BCUT2D eigenvalue weighted by molar-refractivity contribution is 5.87. The minimum atomic E-state index is -4.30. The molecule has 3 aromatic heterocycles. The molecule has 4 heterocycles. The number of amides is 1. The number of aromatic nitrogens is 4. The number of alkyl halides is 3. The van der Waals surface area contributed by atoms with E-state index < -0.39 is 25.2 Å². The summed E-state index contributed by atoms with van der Waals surface area (Å²) in [6.45, 7) is 0.713. The standard InChI is InChI=1S/C17H17F3N6O/c18-17(19,20)4-6-22-16(27)26-8-3-11-2-7-25(9-13(11)26)15-12-1-5-21-14(12)23-10-24-15/h1,3,5,8,10H,2,4,6-7,9H2,(H,22,27)(H,21,23,24). The maximum Gasteiger partial charge on any atom is 0.390 e. The van der Waals surface area contributed by atoms with Gasteiger partial charge in [0.05, 0.1) is 18.4 Å². The van der Waals surface area contributed by atoms with E-state index in [9.17, 15) is 18.0 Å². The van der Waals surface area contributed by atoms with Gasteiger partial charge in [-0.3, -0.25) is 4.57 Å². The molecule has 27 heavy (non-hydrogen) atoms. The molecular weight excluding hydrogens is 361 g/mol. The Kier molecular flexibility index (Phi) is 4.25. The summed E-state index contributed by atoms with van der Waals surface area (Å²) in [5, 5.41) is 3.21. The number of hydrogen-bond acceptors (Lipinski definition) is 4. The molecule has 0 saturated carbocycles. The Labute approximate surface area is 152 Å². The summed E-state index contributed by atoms with van der Waals surface area (Å²) >= 11 is 0. The first-order valence-corrected chi connectivity index (χ1v) is 8.49. The molecule has 0 atom stereocenters. The van der Waals surface area contributed by atoms with Gasteiger partial charge in [0.2, 0.25) is 0 Å². The second-order valence-corrected chi connectivity index (χ2v) is 6.36. The van der Waals surface area contributed by atoms with E-state index in [0.29, 0.717) is 13.0 Å². The fourth-order valence-corrected chi connectivity index (χ4v) is 3.30. The van der Waals surface area contributed by atoms with Crippen molar-refractivity contribution >= 4 is 22.9 Å². The Bertz CT molecular complexity index is 977. The number of carbonyl (C=O) groups excluding carboxylic acids is 1. The van der Waals surface area contributed by atoms with Crippen molar-refractivity contribution in [3.05, 3.63) is 42.1 Å². The highest BCUT2D eigenvalue weighted by Gasteiger charge is 2.28. The maximum absolute atomic E-state index is 12.3. The van der Waals surface area contributed by atoms with Crippen LogP contribution in [0.25, 0.3) is 11.0 Å². The molecular formula is C17H17F3N6O. The number of nitrogens with zero attached hydrogens (tertiary/aromatic N) is 4. The van der Waals surface area contributed by atoms with Gasteiger partial charge in [-0.2, -0.15) is 13.2 Å². The van der Waals surface area contributed by atoms with Gasteiger partial charge in [-0.25, -0.2) is 14.8 Å². The SMILES string of the molecule is O=C(NCCC(F)(F)F)n1ccc2c1CN(c1ncnc3[nH]ccc13)CC2. The number of rotatable bonds is 3. The maximum atomic E-state index is 12.3. The van der Waals surface area contributed by atoms with Crippen molar-refractivity contribution in [3.8, 4) is 0 Å². The van der Waals surface area contributed by atoms with Crippen LogP contribution < -0.4 is 10.2 Å². The average Bonchev–Trinajstić information content (AvgIpc) is 3.26. The molecule has 4 rings (SSSR count). The summed E-state index contributed by atoms with van der Waals surface area (Å²) in [7, 11) is 0. The van der Waals surface area contributed by atoms with Gasteiger partial charge in [-0.15, -0.1) is 0 Å². The third kappa shape index (κ3) is 3.46. The minimum absolute atomic E-state index is 0.437. The minimum Gasteiger partial charge on any atom is -0.350 e. The summed E-state index contributed by atoms with van der Waals surface area (Å²) in [4.78, 5) is 25.9. The number of carbonyl (C=O) groups is 1. The first-order valence-electron chi connectivity index (χ1n) is 8.49. The second-order valence-electron chi connectivity index (χ2n) is 6.36. The number of nitrogens with one attached hydrogen (secondary N) is 2. The Balaban J connectivity index is 1.53. The van der Waals surface area contributed by atoms with Crippen molar-refractivity contribution in [2.75, 3.05) is 18.0 Å². The first-order chi connectivity index (χ1) is 12.9. The molecule has 1 aliphatic heterocycles. The van der Waals surface area contributed by atoms with E-state index in [4.69, 9.17) is 0 Å². The molecule has 7 nitrogen and oxygen atoms in total. The van der Waals surface area contributed by atoms with Crippen LogP contribution in [0.15, 0.2) is 30.9 Å². The van der Waals surface area contributed by atoms with E-state index >= 15 is 0 Å². The summed E-state index contributed by atoms with van der Waals surface area (Å²) in [6.07, 6.45) is 0.231. The molecule has 1 amide bonds. The van der Waals surface area contributed by atoms with Gasteiger partial charge in [0.25, 0.3) is 0 Å². The molecule has 0 fully saturated rings. The van der Waals surface area contributed by atoms with Gasteiger partial charge < -0.3 is 15.2 Å². The van der Waals surface area contributed by atoms with Gasteiger partial charge >= 0.3 is 12.2 Å². The van der Waals surface area contributed by atoms with E-state index in [1.807, 2.05) is 17.0 Å². The third-order valence-corrected chi connectivity index (χ3v) is 4.61. The van der Waals surface area contributed by atoms with Crippen LogP contribution in [0, 0.1) is 0 Å². The highest BCUT2D eigenvalue weighted by atomic mass is 19.4. The largest absolute Gasteiger partial charge is 0.390 e. The number of H-pyrrole nitrogens is 1. The molecule has 0 spiro atoms. The zero-order valence-electron chi connectivity index (χ0n) is 14.3. The molecule has 0 unspecified atom stereocenters. The fraction of sp³-hybridized carbons (Fsp3) is 0.353. The lowest BCUT2D eigenvalue weighted by Crippen LogP contribution is -2.36. The van der Waals surface area contributed by atoms with E-state index in [-0.39, 0.29) is 0 Å². The lowest BCUT2D eigenvalue weighted by Gasteiger charge is -2.29. The lowest BCUT2D eigenvalue weighted by atomic mass is 10.1. The number of hydrogen-bond donors (Lipinski definition) is 2. The van der Waals surface area contributed by atoms with Crippen LogP contribution in [-0.4, -0.2) is 44.8 Å². The smallest absolute Gasteiger partial charge is 0.350 e. The molecule has 0 aromatic carbocycles. The van der Waals surface area contributed by atoms with E-state index in [2.05, 4.69) is 20.3 Å². The van der Waals surface area contributed by atoms with E-state index in [1.165, 1.54) is 10.9 Å². The van der Waals surface area contributed by atoms with Crippen molar-refractivity contribution in [1.29, 1.82) is 0 Å². The fourth-order valence-electron chi connectivity index (χ4n) is 3.30. The Morgan fingerprint density at radius 3 is 2.96 bits per heavy atom. The van der Waals surface area contributed by atoms with Gasteiger partial charge in [0.15, 0.2) is 0 Å². The molecule has 1 aliphatic rings. The Hall–Kier alpha value is -3.04. The number of anilines is 1. The molecule has 0 aliphatic carbocycles. The van der Waals surface area contributed by atoms with Gasteiger partial charge in [-0.05, 0) is 24.1 Å². The summed E-state index contributed by atoms with van der Waals surface area (Å²) < 4.78 is 38.2.